The molecule has 0 saturated carbocycles. The fraction of sp³-hybridized carbons (Fsp3) is 0.235. The summed E-state index contributed by atoms with van der Waals surface area (Å²) in [7, 11) is 0. The lowest BCUT2D eigenvalue weighted by Crippen LogP contribution is -2.33. The SMILES string of the molecule is CCC1CN2C(=N1)c1cc(Br)ccc1-c1ccc(Br)cc12. The van der Waals surface area contributed by atoms with Crippen LogP contribution in [-0.2, 0) is 0 Å². The van der Waals surface area contributed by atoms with Gasteiger partial charge in [0.05, 0.1) is 11.7 Å². The number of aliphatic imine (C=N–C) groups is 1. The summed E-state index contributed by atoms with van der Waals surface area (Å²) in [5, 5.41) is 0. The highest BCUT2D eigenvalue weighted by Gasteiger charge is 2.33. The van der Waals surface area contributed by atoms with Crippen LogP contribution in [0.25, 0.3) is 11.1 Å². The van der Waals surface area contributed by atoms with Crippen LogP contribution >= 0.6 is 31.9 Å². The number of nitrogens with zero attached hydrogens (tertiary/aromatic N) is 2. The minimum Gasteiger partial charge on any atom is -0.323 e. The predicted octanol–water partition coefficient (Wildman–Crippen LogP) is 5.24. The predicted molar refractivity (Wildman–Crippen MR) is 95.2 cm³/mol. The molecular weight excluding hydrogens is 392 g/mol. The molecule has 21 heavy (non-hydrogen) atoms. The van der Waals surface area contributed by atoms with Gasteiger partial charge >= 0.3 is 0 Å². The van der Waals surface area contributed by atoms with Crippen LogP contribution in [0.2, 0.25) is 0 Å². The van der Waals surface area contributed by atoms with Crippen LogP contribution in [0.15, 0.2) is 50.3 Å². The van der Waals surface area contributed by atoms with E-state index in [0.717, 1.165) is 27.7 Å². The van der Waals surface area contributed by atoms with Crippen LogP contribution in [0, 0.1) is 0 Å². The highest BCUT2D eigenvalue weighted by atomic mass is 79.9. The number of amidine groups is 1. The molecule has 1 unspecified atom stereocenters. The molecule has 2 aromatic rings. The number of hydrogen-bond donors (Lipinski definition) is 0. The number of anilines is 1. The van der Waals surface area contributed by atoms with Crippen LogP contribution in [0.4, 0.5) is 5.69 Å². The first-order chi connectivity index (χ1) is 10.2. The van der Waals surface area contributed by atoms with Gasteiger partial charge in [0.15, 0.2) is 0 Å². The van der Waals surface area contributed by atoms with Crippen LogP contribution in [0.5, 0.6) is 0 Å². The Hall–Kier alpha value is -1.13. The van der Waals surface area contributed by atoms with Gasteiger partial charge in [-0.2, -0.15) is 0 Å². The summed E-state index contributed by atoms with van der Waals surface area (Å²) in [4.78, 5) is 7.31. The number of benzene rings is 2. The van der Waals surface area contributed by atoms with Crippen molar-refractivity contribution in [1.82, 2.24) is 0 Å². The molecule has 0 fully saturated rings. The van der Waals surface area contributed by atoms with Crippen LogP contribution < -0.4 is 4.90 Å². The Labute approximate surface area is 141 Å². The van der Waals surface area contributed by atoms with Crippen molar-refractivity contribution in [1.29, 1.82) is 0 Å². The summed E-state index contributed by atoms with van der Waals surface area (Å²) < 4.78 is 2.21. The second-order valence-electron chi connectivity index (χ2n) is 5.48. The van der Waals surface area contributed by atoms with Crippen molar-refractivity contribution < 1.29 is 0 Å². The Bertz CT molecular complexity index is 767. The summed E-state index contributed by atoms with van der Waals surface area (Å²) in [6, 6.07) is 13.4. The maximum absolute atomic E-state index is 4.95. The highest BCUT2D eigenvalue weighted by molar-refractivity contribution is 9.10. The van der Waals surface area contributed by atoms with E-state index in [1.54, 1.807) is 0 Å². The fourth-order valence-corrected chi connectivity index (χ4v) is 3.83. The molecule has 2 aliphatic heterocycles. The molecular formula is C17H14Br2N2. The lowest BCUT2D eigenvalue weighted by molar-refractivity contribution is 0.693. The third-order valence-corrected chi connectivity index (χ3v) is 5.17. The van der Waals surface area contributed by atoms with Gasteiger partial charge in [-0.15, -0.1) is 0 Å². The number of hydrogen-bond acceptors (Lipinski definition) is 2. The molecule has 4 heteroatoms. The number of fused-ring (bicyclic) bond motifs is 6. The van der Waals surface area contributed by atoms with E-state index >= 15 is 0 Å². The van der Waals surface area contributed by atoms with Gasteiger partial charge in [-0.1, -0.05) is 50.9 Å². The van der Waals surface area contributed by atoms with Crippen molar-refractivity contribution in [3.8, 4) is 11.1 Å². The Morgan fingerprint density at radius 1 is 1.05 bits per heavy atom. The van der Waals surface area contributed by atoms with Gasteiger partial charge in [-0.25, -0.2) is 0 Å². The fourth-order valence-electron chi connectivity index (χ4n) is 3.12. The highest BCUT2D eigenvalue weighted by Crippen LogP contribution is 2.43. The molecule has 0 aliphatic carbocycles. The molecule has 2 aliphatic rings. The zero-order valence-electron chi connectivity index (χ0n) is 11.6. The van der Waals surface area contributed by atoms with Gasteiger partial charge in [-0.3, -0.25) is 4.99 Å². The van der Waals surface area contributed by atoms with E-state index in [2.05, 4.69) is 80.1 Å². The standard InChI is InChI=1S/C17H14Br2N2/c1-2-12-9-21-16-8-11(19)4-6-14(16)13-5-3-10(18)7-15(13)17(21)20-12/h3-8,12H,2,9H2,1H3. The molecule has 0 radical (unpaired) electrons. The van der Waals surface area contributed by atoms with Gasteiger partial charge in [0.25, 0.3) is 0 Å². The molecule has 0 saturated heterocycles. The molecule has 4 rings (SSSR count). The smallest absolute Gasteiger partial charge is 0.136 e. The quantitative estimate of drug-likeness (QED) is 0.633. The van der Waals surface area contributed by atoms with Gasteiger partial charge in [-0.05, 0) is 36.2 Å². The minimum atomic E-state index is 0.386. The molecule has 0 spiro atoms. The van der Waals surface area contributed by atoms with E-state index in [1.165, 1.54) is 22.4 Å². The Kier molecular flexibility index (Phi) is 3.19. The Morgan fingerprint density at radius 3 is 2.52 bits per heavy atom. The van der Waals surface area contributed by atoms with Gasteiger partial charge < -0.3 is 4.90 Å². The molecule has 0 aromatic heterocycles. The van der Waals surface area contributed by atoms with E-state index in [1.807, 2.05) is 0 Å². The first-order valence-corrected chi connectivity index (χ1v) is 8.71. The molecule has 1 atom stereocenters. The van der Waals surface area contributed by atoms with Crippen LogP contribution in [0.1, 0.15) is 18.9 Å². The van der Waals surface area contributed by atoms with E-state index in [-0.39, 0.29) is 0 Å². The third kappa shape index (κ3) is 2.08. The van der Waals surface area contributed by atoms with Crippen molar-refractivity contribution in [3.05, 3.63) is 50.9 Å². The molecule has 2 aromatic carbocycles. The molecule has 106 valence electrons. The monoisotopic (exact) mass is 404 g/mol. The summed E-state index contributed by atoms with van der Waals surface area (Å²) >= 11 is 7.19. The third-order valence-electron chi connectivity index (χ3n) is 4.19. The van der Waals surface area contributed by atoms with Crippen molar-refractivity contribution in [2.24, 2.45) is 4.99 Å². The van der Waals surface area contributed by atoms with E-state index in [0.29, 0.717) is 6.04 Å². The maximum Gasteiger partial charge on any atom is 0.136 e. The van der Waals surface area contributed by atoms with Gasteiger partial charge in [0, 0.05) is 26.6 Å². The average molecular weight is 406 g/mol. The number of halogens is 2. The van der Waals surface area contributed by atoms with Crippen molar-refractivity contribution in [2.45, 2.75) is 19.4 Å². The first-order valence-electron chi connectivity index (χ1n) is 7.12. The second kappa shape index (κ2) is 4.96. The normalized spacial score (nSPS) is 18.9. The molecule has 0 bridgehead atoms. The molecule has 2 heterocycles. The van der Waals surface area contributed by atoms with Gasteiger partial charge in [0.2, 0.25) is 0 Å². The maximum atomic E-state index is 4.95. The van der Waals surface area contributed by atoms with Crippen molar-refractivity contribution >= 4 is 43.4 Å². The average Bonchev–Trinajstić information content (AvgIpc) is 2.92. The van der Waals surface area contributed by atoms with E-state index < -0.39 is 0 Å². The molecule has 2 nitrogen and oxygen atoms in total. The van der Waals surface area contributed by atoms with E-state index in [9.17, 15) is 0 Å². The summed E-state index contributed by atoms with van der Waals surface area (Å²) in [6.07, 6.45) is 1.08. The summed E-state index contributed by atoms with van der Waals surface area (Å²) in [5.74, 6) is 1.11. The number of rotatable bonds is 1. The topological polar surface area (TPSA) is 15.6 Å². The largest absolute Gasteiger partial charge is 0.323 e. The van der Waals surface area contributed by atoms with E-state index in [4.69, 9.17) is 4.99 Å². The Balaban J connectivity index is 2.01. The van der Waals surface area contributed by atoms with Crippen molar-refractivity contribution in [2.75, 3.05) is 11.4 Å². The first kappa shape index (κ1) is 13.5. The van der Waals surface area contributed by atoms with Gasteiger partial charge in [0.1, 0.15) is 5.84 Å². The summed E-state index contributed by atoms with van der Waals surface area (Å²) in [5.41, 5.74) is 5.05. The van der Waals surface area contributed by atoms with Crippen molar-refractivity contribution in [3.63, 3.8) is 0 Å². The lowest BCUT2D eigenvalue weighted by Gasteiger charge is -2.30. The molecule has 0 N–H and O–H groups in total. The van der Waals surface area contributed by atoms with Crippen LogP contribution in [0.3, 0.4) is 0 Å². The Morgan fingerprint density at radius 2 is 1.76 bits per heavy atom. The zero-order chi connectivity index (χ0) is 14.6. The lowest BCUT2D eigenvalue weighted by atomic mass is 9.93. The zero-order valence-corrected chi connectivity index (χ0v) is 14.8. The second-order valence-corrected chi connectivity index (χ2v) is 7.31. The van der Waals surface area contributed by atoms with Crippen LogP contribution in [-0.4, -0.2) is 18.4 Å². The summed E-state index contributed by atoms with van der Waals surface area (Å²) in [6.45, 7) is 3.18. The minimum absolute atomic E-state index is 0.386. The molecule has 0 amide bonds.